The molecule has 2 aromatic rings. The molecule has 2 heterocycles. The van der Waals surface area contributed by atoms with E-state index in [0.29, 0.717) is 0 Å². The third-order valence-corrected chi connectivity index (χ3v) is 4.22. The van der Waals surface area contributed by atoms with E-state index in [1.54, 1.807) is 0 Å². The van der Waals surface area contributed by atoms with Crippen molar-refractivity contribution in [1.82, 2.24) is 19.6 Å². The fraction of sp³-hybridized carbons (Fsp3) is 0.455. The summed E-state index contributed by atoms with van der Waals surface area (Å²) in [6, 6.07) is 0. The van der Waals surface area contributed by atoms with Gasteiger partial charge in [-0.15, -0.1) is 0 Å². The average Bonchev–Trinajstić information content (AvgIpc) is 2.76. The average molecular weight is 330 g/mol. The summed E-state index contributed by atoms with van der Waals surface area (Å²) in [6.45, 7) is 5.09. The molecule has 0 unspecified atom stereocenters. The molecule has 0 aliphatic rings. The lowest BCUT2D eigenvalue weighted by Crippen LogP contribution is -2.05. The first-order chi connectivity index (χ1) is 7.58. The first-order valence-corrected chi connectivity index (χ1v) is 6.33. The van der Waals surface area contributed by atoms with Gasteiger partial charge in [-0.05, 0) is 48.4 Å². The SMILES string of the molecule is Cc1nn(CCc2cnn(C)c2)c(C)c1I. The standard InChI is InChI=1S/C11H15IN4/c1-8-11(12)9(2)16(14-8)5-4-10-6-13-15(3)7-10/h6-7H,4-5H2,1-3H3. The summed E-state index contributed by atoms with van der Waals surface area (Å²) < 4.78 is 5.17. The van der Waals surface area contributed by atoms with Gasteiger partial charge in [0, 0.05) is 25.5 Å². The van der Waals surface area contributed by atoms with E-state index < -0.39 is 0 Å². The van der Waals surface area contributed by atoms with E-state index in [-0.39, 0.29) is 0 Å². The summed E-state index contributed by atoms with van der Waals surface area (Å²) in [6.07, 6.45) is 4.94. The second-order valence-corrected chi connectivity index (χ2v) is 5.06. The van der Waals surface area contributed by atoms with Gasteiger partial charge in [0.2, 0.25) is 0 Å². The maximum absolute atomic E-state index is 4.51. The third kappa shape index (κ3) is 2.28. The molecule has 0 atom stereocenters. The lowest BCUT2D eigenvalue weighted by atomic mass is 10.2. The first-order valence-electron chi connectivity index (χ1n) is 5.25. The molecule has 0 aliphatic carbocycles. The summed E-state index contributed by atoms with van der Waals surface area (Å²) in [5, 5.41) is 8.67. The fourth-order valence-corrected chi connectivity index (χ4v) is 2.12. The predicted octanol–water partition coefficient (Wildman–Crippen LogP) is 2.08. The highest BCUT2D eigenvalue weighted by atomic mass is 127. The Morgan fingerprint density at radius 2 is 2.12 bits per heavy atom. The van der Waals surface area contributed by atoms with Gasteiger partial charge in [-0.3, -0.25) is 9.36 Å². The number of halogens is 1. The molecule has 0 radical (unpaired) electrons. The van der Waals surface area contributed by atoms with Crippen LogP contribution >= 0.6 is 22.6 Å². The van der Waals surface area contributed by atoms with Crippen LogP contribution in [-0.2, 0) is 20.0 Å². The van der Waals surface area contributed by atoms with Crippen LogP contribution in [0.3, 0.4) is 0 Å². The first kappa shape index (κ1) is 11.6. The number of hydrogen-bond donors (Lipinski definition) is 0. The monoisotopic (exact) mass is 330 g/mol. The van der Waals surface area contributed by atoms with E-state index in [0.717, 1.165) is 18.7 Å². The van der Waals surface area contributed by atoms with E-state index in [2.05, 4.69) is 57.5 Å². The van der Waals surface area contributed by atoms with Gasteiger partial charge in [0.05, 0.1) is 15.5 Å². The van der Waals surface area contributed by atoms with E-state index in [1.165, 1.54) is 14.8 Å². The molecule has 0 aromatic carbocycles. The number of aryl methyl sites for hydroxylation is 4. The van der Waals surface area contributed by atoms with E-state index >= 15 is 0 Å². The molecule has 2 rings (SSSR count). The van der Waals surface area contributed by atoms with Gasteiger partial charge in [0.1, 0.15) is 0 Å². The van der Waals surface area contributed by atoms with Gasteiger partial charge >= 0.3 is 0 Å². The quantitative estimate of drug-likeness (QED) is 0.808. The minimum absolute atomic E-state index is 0.918. The Hall–Kier alpha value is -0.850. The predicted molar refractivity (Wildman–Crippen MR) is 71.3 cm³/mol. The zero-order chi connectivity index (χ0) is 11.7. The summed E-state index contributed by atoms with van der Waals surface area (Å²) in [4.78, 5) is 0. The van der Waals surface area contributed by atoms with Gasteiger partial charge in [-0.1, -0.05) is 0 Å². The Balaban J connectivity index is 2.07. The molecule has 0 saturated carbocycles. The Labute approximate surface area is 109 Å². The van der Waals surface area contributed by atoms with Crippen LogP contribution in [0.15, 0.2) is 12.4 Å². The Bertz CT molecular complexity index is 498. The topological polar surface area (TPSA) is 35.6 Å². The van der Waals surface area contributed by atoms with Gasteiger partial charge in [0.15, 0.2) is 0 Å². The van der Waals surface area contributed by atoms with Crippen molar-refractivity contribution < 1.29 is 0 Å². The van der Waals surface area contributed by atoms with Gasteiger partial charge in [-0.2, -0.15) is 10.2 Å². The van der Waals surface area contributed by atoms with Crippen LogP contribution in [0.1, 0.15) is 17.0 Å². The molecule has 5 heteroatoms. The smallest absolute Gasteiger partial charge is 0.0729 e. The number of rotatable bonds is 3. The largest absolute Gasteiger partial charge is 0.276 e. The zero-order valence-corrected chi connectivity index (χ0v) is 11.9. The van der Waals surface area contributed by atoms with Crippen molar-refractivity contribution in [2.75, 3.05) is 0 Å². The molecule has 4 nitrogen and oxygen atoms in total. The van der Waals surface area contributed by atoms with Crippen molar-refractivity contribution in [3.8, 4) is 0 Å². The molecule has 0 spiro atoms. The molecule has 2 aromatic heterocycles. The van der Waals surface area contributed by atoms with Crippen LogP contribution in [0.5, 0.6) is 0 Å². The molecule has 0 N–H and O–H groups in total. The molecule has 0 saturated heterocycles. The Kier molecular flexibility index (Phi) is 3.32. The minimum Gasteiger partial charge on any atom is -0.276 e. The van der Waals surface area contributed by atoms with Crippen LogP contribution in [0.4, 0.5) is 0 Å². The van der Waals surface area contributed by atoms with Gasteiger partial charge in [-0.25, -0.2) is 0 Å². The number of hydrogen-bond acceptors (Lipinski definition) is 2. The third-order valence-electron chi connectivity index (χ3n) is 2.66. The number of aromatic nitrogens is 4. The highest BCUT2D eigenvalue weighted by molar-refractivity contribution is 14.1. The van der Waals surface area contributed by atoms with E-state index in [4.69, 9.17) is 0 Å². The molecule has 86 valence electrons. The summed E-state index contributed by atoms with van der Waals surface area (Å²) in [7, 11) is 1.94. The van der Waals surface area contributed by atoms with Crippen molar-refractivity contribution >= 4 is 22.6 Å². The van der Waals surface area contributed by atoms with Crippen LogP contribution in [-0.4, -0.2) is 19.6 Å². The highest BCUT2D eigenvalue weighted by Crippen LogP contribution is 2.15. The minimum atomic E-state index is 0.918. The molecule has 0 amide bonds. The van der Waals surface area contributed by atoms with Crippen LogP contribution < -0.4 is 0 Å². The van der Waals surface area contributed by atoms with Crippen LogP contribution in [0, 0.1) is 17.4 Å². The molecular formula is C11H15IN4. The lowest BCUT2D eigenvalue weighted by Gasteiger charge is -2.02. The molecular weight excluding hydrogens is 315 g/mol. The van der Waals surface area contributed by atoms with E-state index in [1.807, 2.05) is 17.9 Å². The van der Waals surface area contributed by atoms with Crippen molar-refractivity contribution in [3.63, 3.8) is 0 Å². The van der Waals surface area contributed by atoms with Crippen molar-refractivity contribution in [2.24, 2.45) is 7.05 Å². The molecule has 16 heavy (non-hydrogen) atoms. The summed E-state index contributed by atoms with van der Waals surface area (Å²) in [5.41, 5.74) is 3.62. The van der Waals surface area contributed by atoms with Gasteiger partial charge < -0.3 is 0 Å². The van der Waals surface area contributed by atoms with Gasteiger partial charge in [0.25, 0.3) is 0 Å². The van der Waals surface area contributed by atoms with Crippen LogP contribution in [0.2, 0.25) is 0 Å². The highest BCUT2D eigenvalue weighted by Gasteiger charge is 2.08. The van der Waals surface area contributed by atoms with Crippen molar-refractivity contribution in [2.45, 2.75) is 26.8 Å². The maximum atomic E-state index is 4.51. The second kappa shape index (κ2) is 4.57. The summed E-state index contributed by atoms with van der Waals surface area (Å²) in [5.74, 6) is 0. The Morgan fingerprint density at radius 1 is 1.38 bits per heavy atom. The number of nitrogens with zero attached hydrogens (tertiary/aromatic N) is 4. The molecule has 0 bridgehead atoms. The Morgan fingerprint density at radius 3 is 2.62 bits per heavy atom. The molecule has 0 fully saturated rings. The lowest BCUT2D eigenvalue weighted by molar-refractivity contribution is 0.593. The van der Waals surface area contributed by atoms with Crippen molar-refractivity contribution in [3.05, 3.63) is 32.9 Å². The normalized spacial score (nSPS) is 11.0. The van der Waals surface area contributed by atoms with E-state index in [9.17, 15) is 0 Å². The fourth-order valence-electron chi connectivity index (χ4n) is 1.73. The maximum Gasteiger partial charge on any atom is 0.0729 e. The summed E-state index contributed by atoms with van der Waals surface area (Å²) >= 11 is 2.35. The molecule has 0 aliphatic heterocycles. The zero-order valence-electron chi connectivity index (χ0n) is 9.74. The second-order valence-electron chi connectivity index (χ2n) is 3.98. The van der Waals surface area contributed by atoms with Crippen LogP contribution in [0.25, 0.3) is 0 Å². The van der Waals surface area contributed by atoms with Crippen molar-refractivity contribution in [1.29, 1.82) is 0 Å².